The predicted molar refractivity (Wildman–Crippen MR) is 96.3 cm³/mol. The predicted octanol–water partition coefficient (Wildman–Crippen LogP) is 2.91. The second kappa shape index (κ2) is 4.84. The van der Waals surface area contributed by atoms with Crippen LogP contribution >= 0.6 is 0 Å². The molecule has 1 unspecified atom stereocenters. The number of hydrogen-bond donors (Lipinski definition) is 0. The standard InChI is InChI=1S/C20H25BO5/c1-18(2)11-9-14(18)20(5)15(10-11)25-21(26-20)13-8-6-7-12-16(13)23-19(3,4)24-17(12)22/h6-8,11,14-15H,9-10H2,1-5H3/t11-,14-,15?,20-/m0/s1. The second-order valence-electron chi connectivity index (χ2n) is 9.42. The van der Waals surface area contributed by atoms with Crippen molar-refractivity contribution in [2.24, 2.45) is 17.3 Å². The fraction of sp³-hybridized carbons (Fsp3) is 0.650. The first-order valence-corrected chi connectivity index (χ1v) is 9.50. The van der Waals surface area contributed by atoms with Crippen molar-refractivity contribution >= 4 is 18.6 Å². The Morgan fingerprint density at radius 2 is 1.85 bits per heavy atom. The summed E-state index contributed by atoms with van der Waals surface area (Å²) in [7, 11) is -0.517. The molecule has 26 heavy (non-hydrogen) atoms. The van der Waals surface area contributed by atoms with Gasteiger partial charge in [-0.25, -0.2) is 4.79 Å². The second-order valence-corrected chi connectivity index (χ2v) is 9.42. The minimum Gasteiger partial charge on any atom is -0.452 e. The van der Waals surface area contributed by atoms with Gasteiger partial charge in [-0.1, -0.05) is 26.0 Å². The zero-order chi connectivity index (χ0) is 18.5. The van der Waals surface area contributed by atoms with Crippen LogP contribution in [0.15, 0.2) is 18.2 Å². The van der Waals surface area contributed by atoms with E-state index in [9.17, 15) is 4.79 Å². The monoisotopic (exact) mass is 356 g/mol. The lowest BCUT2D eigenvalue weighted by Gasteiger charge is -2.64. The minimum atomic E-state index is -1.00. The highest BCUT2D eigenvalue weighted by molar-refractivity contribution is 6.63. The van der Waals surface area contributed by atoms with Crippen LogP contribution in [0.1, 0.15) is 57.8 Å². The Bertz CT molecular complexity index is 803. The number of esters is 1. The maximum atomic E-state index is 12.3. The number of ether oxygens (including phenoxy) is 2. The van der Waals surface area contributed by atoms with E-state index in [0.29, 0.717) is 28.6 Å². The zero-order valence-corrected chi connectivity index (χ0v) is 16.0. The van der Waals surface area contributed by atoms with Crippen molar-refractivity contribution in [3.05, 3.63) is 23.8 Å². The van der Waals surface area contributed by atoms with Crippen LogP contribution < -0.4 is 10.2 Å². The van der Waals surface area contributed by atoms with Crippen LogP contribution in [-0.2, 0) is 14.0 Å². The van der Waals surface area contributed by atoms with Gasteiger partial charge in [0.1, 0.15) is 11.3 Å². The van der Waals surface area contributed by atoms with Crippen LogP contribution in [-0.4, -0.2) is 30.6 Å². The summed E-state index contributed by atoms with van der Waals surface area (Å²) in [6.45, 7) is 10.3. The average molecular weight is 356 g/mol. The summed E-state index contributed by atoms with van der Waals surface area (Å²) in [5.41, 5.74) is 1.20. The highest BCUT2D eigenvalue weighted by Gasteiger charge is 2.68. The largest absolute Gasteiger partial charge is 0.498 e. The number of fused-ring (bicyclic) bond motifs is 1. The van der Waals surface area contributed by atoms with Crippen molar-refractivity contribution in [3.63, 3.8) is 0 Å². The molecule has 5 nitrogen and oxygen atoms in total. The molecule has 5 aliphatic rings. The molecule has 0 radical (unpaired) electrons. The van der Waals surface area contributed by atoms with Gasteiger partial charge in [-0.3, -0.25) is 0 Å². The molecule has 3 saturated carbocycles. The van der Waals surface area contributed by atoms with Crippen LogP contribution in [0.5, 0.6) is 5.75 Å². The Hall–Kier alpha value is -1.53. The molecule has 2 bridgehead atoms. The van der Waals surface area contributed by atoms with Gasteiger partial charge in [0.2, 0.25) is 5.79 Å². The Kier molecular flexibility index (Phi) is 3.10. The first kappa shape index (κ1) is 16.6. The van der Waals surface area contributed by atoms with Crippen LogP contribution in [0, 0.1) is 17.3 Å². The molecule has 6 rings (SSSR count). The van der Waals surface area contributed by atoms with Gasteiger partial charge in [-0.2, -0.15) is 0 Å². The van der Waals surface area contributed by atoms with Gasteiger partial charge < -0.3 is 18.8 Å². The van der Waals surface area contributed by atoms with Gasteiger partial charge in [0, 0.05) is 19.3 Å². The van der Waals surface area contributed by atoms with Crippen LogP contribution in [0.3, 0.4) is 0 Å². The van der Waals surface area contributed by atoms with E-state index in [4.69, 9.17) is 18.8 Å². The molecule has 0 spiro atoms. The fourth-order valence-electron chi connectivity index (χ4n) is 5.56. The lowest BCUT2D eigenvalue weighted by atomic mass is 9.43. The summed E-state index contributed by atoms with van der Waals surface area (Å²) in [5, 5.41) is 0. The average Bonchev–Trinajstić information content (AvgIpc) is 2.89. The number of cyclic esters (lactones) is 1. The molecule has 1 aromatic rings. The molecule has 3 aliphatic carbocycles. The summed E-state index contributed by atoms with van der Waals surface area (Å²) < 4.78 is 24.2. The third-order valence-corrected chi connectivity index (χ3v) is 7.15. The molecular formula is C20H25BO5. The molecule has 1 aromatic carbocycles. The van der Waals surface area contributed by atoms with Gasteiger partial charge in [0.05, 0.1) is 11.7 Å². The molecule has 4 fully saturated rings. The van der Waals surface area contributed by atoms with Crippen LogP contribution in [0.4, 0.5) is 0 Å². The third kappa shape index (κ3) is 2.03. The molecule has 2 heterocycles. The number of carbonyl (C=O) groups is 1. The summed E-state index contributed by atoms with van der Waals surface area (Å²) in [5.74, 6) is 0.336. The normalized spacial score (nSPS) is 38.6. The molecule has 6 heteroatoms. The molecule has 4 atom stereocenters. The number of carbonyl (C=O) groups excluding carboxylic acids is 1. The summed E-state index contributed by atoms with van der Waals surface area (Å²) in [6.07, 6.45) is 2.32. The van der Waals surface area contributed by atoms with E-state index in [1.807, 2.05) is 12.1 Å². The van der Waals surface area contributed by atoms with Gasteiger partial charge in [-0.15, -0.1) is 0 Å². The van der Waals surface area contributed by atoms with Gasteiger partial charge in [-0.05, 0) is 43.1 Å². The van der Waals surface area contributed by atoms with E-state index >= 15 is 0 Å². The molecule has 0 amide bonds. The molecule has 1 saturated heterocycles. The van der Waals surface area contributed by atoms with Gasteiger partial charge >= 0.3 is 13.1 Å². The highest BCUT2D eigenvalue weighted by atomic mass is 16.7. The first-order chi connectivity index (χ1) is 12.1. The molecular weight excluding hydrogens is 331 g/mol. The van der Waals surface area contributed by atoms with E-state index in [1.54, 1.807) is 19.9 Å². The third-order valence-electron chi connectivity index (χ3n) is 7.15. The lowest BCUT2D eigenvalue weighted by Crippen LogP contribution is -2.65. The quantitative estimate of drug-likeness (QED) is 0.572. The fourth-order valence-corrected chi connectivity index (χ4v) is 5.56. The van der Waals surface area contributed by atoms with Gasteiger partial charge in [0.25, 0.3) is 0 Å². The van der Waals surface area contributed by atoms with Crippen molar-refractivity contribution in [2.75, 3.05) is 0 Å². The van der Waals surface area contributed by atoms with Crippen molar-refractivity contribution in [1.82, 2.24) is 0 Å². The summed E-state index contributed by atoms with van der Waals surface area (Å²) in [6, 6.07) is 5.48. The molecule has 2 aliphatic heterocycles. The first-order valence-electron chi connectivity index (χ1n) is 9.50. The Morgan fingerprint density at radius 1 is 1.08 bits per heavy atom. The minimum absolute atomic E-state index is 0.0867. The summed E-state index contributed by atoms with van der Waals surface area (Å²) >= 11 is 0. The Morgan fingerprint density at radius 3 is 2.58 bits per heavy atom. The SMILES string of the molecule is CC1(C)OC(=O)c2cccc(B3OC4C[C@@H]5C[C@@H](C5(C)C)[C@]4(C)O3)c2O1. The maximum absolute atomic E-state index is 12.3. The molecule has 138 valence electrons. The summed E-state index contributed by atoms with van der Waals surface area (Å²) in [4.78, 5) is 12.3. The lowest BCUT2D eigenvalue weighted by molar-refractivity contribution is -0.199. The van der Waals surface area contributed by atoms with E-state index in [2.05, 4.69) is 20.8 Å². The van der Waals surface area contributed by atoms with Crippen LogP contribution in [0.25, 0.3) is 0 Å². The van der Waals surface area contributed by atoms with E-state index in [1.165, 1.54) is 6.42 Å². The van der Waals surface area contributed by atoms with E-state index in [-0.39, 0.29) is 17.7 Å². The van der Waals surface area contributed by atoms with E-state index < -0.39 is 12.9 Å². The van der Waals surface area contributed by atoms with E-state index in [0.717, 1.165) is 11.9 Å². The highest BCUT2D eigenvalue weighted by Crippen LogP contribution is 2.65. The number of rotatable bonds is 1. The van der Waals surface area contributed by atoms with Crippen molar-refractivity contribution in [1.29, 1.82) is 0 Å². The van der Waals surface area contributed by atoms with Crippen molar-refractivity contribution in [2.45, 2.75) is 65.0 Å². The number of hydrogen-bond acceptors (Lipinski definition) is 5. The Labute approximate surface area is 154 Å². The Balaban J connectivity index is 1.52. The molecule has 0 aromatic heterocycles. The maximum Gasteiger partial charge on any atom is 0.498 e. The van der Waals surface area contributed by atoms with Gasteiger partial charge in [0.15, 0.2) is 0 Å². The molecule has 0 N–H and O–H groups in total. The number of benzene rings is 1. The van der Waals surface area contributed by atoms with Crippen molar-refractivity contribution in [3.8, 4) is 5.75 Å². The van der Waals surface area contributed by atoms with Crippen LogP contribution in [0.2, 0.25) is 0 Å². The smallest absolute Gasteiger partial charge is 0.452 e. The topological polar surface area (TPSA) is 54.0 Å². The van der Waals surface area contributed by atoms with Crippen molar-refractivity contribution < 1.29 is 23.6 Å². The zero-order valence-electron chi connectivity index (χ0n) is 16.0. The number of para-hydroxylation sites is 1.